The van der Waals surface area contributed by atoms with Crippen LogP contribution in [0.15, 0.2) is 22.4 Å². The molecule has 0 unspecified atom stereocenters. The van der Waals surface area contributed by atoms with Crippen LogP contribution in [0.5, 0.6) is 0 Å². The monoisotopic (exact) mass is 234 g/mol. The molecule has 0 saturated carbocycles. The van der Waals surface area contributed by atoms with Gasteiger partial charge >= 0.3 is 0 Å². The number of thiol groups is 1. The quantitative estimate of drug-likeness (QED) is 0.700. The third-order valence-corrected chi connectivity index (χ3v) is 3.29. The van der Waals surface area contributed by atoms with Gasteiger partial charge in [-0.25, -0.2) is 13.2 Å². The molecule has 14 heavy (non-hydrogen) atoms. The first-order valence-corrected chi connectivity index (χ1v) is 5.10. The number of alkyl halides is 2. The molecule has 0 saturated heterocycles. The summed E-state index contributed by atoms with van der Waals surface area (Å²) in [5.74, 6) is -0.488. The highest BCUT2D eigenvalue weighted by Crippen LogP contribution is 2.36. The van der Waals surface area contributed by atoms with Gasteiger partial charge in [0.15, 0.2) is 0 Å². The molecule has 0 N–H and O–H groups in total. The molecule has 0 radical (unpaired) electrons. The fraction of sp³-hybridized carbons (Fsp3) is 0.111. The third-order valence-electron chi connectivity index (χ3n) is 1.92. The van der Waals surface area contributed by atoms with Gasteiger partial charge in [-0.15, -0.1) is 24.0 Å². The molecule has 74 valence electrons. The van der Waals surface area contributed by atoms with Crippen molar-refractivity contribution in [3.8, 4) is 0 Å². The molecule has 0 spiro atoms. The Morgan fingerprint density at radius 2 is 2.00 bits per heavy atom. The smallest absolute Gasteiger partial charge is 0.205 e. The molecule has 0 aliphatic rings. The van der Waals surface area contributed by atoms with Gasteiger partial charge in [-0.05, 0) is 6.07 Å². The predicted molar refractivity (Wildman–Crippen MR) is 54.0 cm³/mol. The predicted octanol–water partition coefficient (Wildman–Crippen LogP) is 4.27. The molecular weight excluding hydrogens is 229 g/mol. The van der Waals surface area contributed by atoms with Gasteiger partial charge < -0.3 is 0 Å². The summed E-state index contributed by atoms with van der Waals surface area (Å²) in [6.45, 7) is 0. The largest absolute Gasteiger partial charge is 0.265 e. The first kappa shape index (κ1) is 9.86. The normalized spacial score (nSPS) is 11.5. The minimum Gasteiger partial charge on any atom is -0.205 e. The van der Waals surface area contributed by atoms with Crippen LogP contribution in [-0.4, -0.2) is 0 Å². The maximum atomic E-state index is 13.2. The number of halogens is 3. The van der Waals surface area contributed by atoms with Crippen molar-refractivity contribution in [1.29, 1.82) is 0 Å². The van der Waals surface area contributed by atoms with Crippen molar-refractivity contribution in [3.63, 3.8) is 0 Å². The molecule has 0 amide bonds. The summed E-state index contributed by atoms with van der Waals surface area (Å²) < 4.78 is 38.4. The Labute approximate surface area is 87.8 Å². The number of hydrogen-bond donors (Lipinski definition) is 1. The molecule has 5 heteroatoms. The second kappa shape index (κ2) is 3.47. The molecule has 0 fully saturated rings. The highest BCUT2D eigenvalue weighted by atomic mass is 32.1. The van der Waals surface area contributed by atoms with Crippen molar-refractivity contribution < 1.29 is 13.2 Å². The van der Waals surface area contributed by atoms with Gasteiger partial charge in [0.25, 0.3) is 6.43 Å². The van der Waals surface area contributed by atoms with Crippen LogP contribution < -0.4 is 0 Å². The molecule has 0 bridgehead atoms. The summed E-state index contributed by atoms with van der Waals surface area (Å²) in [7, 11) is 0. The fourth-order valence-electron chi connectivity index (χ4n) is 1.29. The van der Waals surface area contributed by atoms with E-state index in [2.05, 4.69) is 12.6 Å². The van der Waals surface area contributed by atoms with E-state index in [0.717, 1.165) is 11.3 Å². The van der Waals surface area contributed by atoms with E-state index in [-0.39, 0.29) is 15.6 Å². The Kier molecular flexibility index (Phi) is 2.45. The summed E-state index contributed by atoms with van der Waals surface area (Å²) >= 11 is 5.00. The van der Waals surface area contributed by atoms with Crippen LogP contribution in [0.2, 0.25) is 0 Å². The van der Waals surface area contributed by atoms with E-state index in [1.54, 1.807) is 0 Å². The summed E-state index contributed by atoms with van der Waals surface area (Å²) in [5, 5.41) is 1.41. The topological polar surface area (TPSA) is 0 Å². The Bertz CT molecular complexity index is 476. The van der Waals surface area contributed by atoms with Crippen molar-refractivity contribution in [2.24, 2.45) is 0 Å². The van der Waals surface area contributed by atoms with E-state index in [9.17, 15) is 13.2 Å². The van der Waals surface area contributed by atoms with Crippen LogP contribution in [-0.2, 0) is 0 Å². The van der Waals surface area contributed by atoms with Crippen LogP contribution >= 0.6 is 24.0 Å². The maximum Gasteiger partial charge on any atom is 0.265 e. The van der Waals surface area contributed by atoms with E-state index in [0.29, 0.717) is 4.90 Å². The van der Waals surface area contributed by atoms with Gasteiger partial charge in [0.2, 0.25) is 0 Å². The molecule has 1 heterocycles. The van der Waals surface area contributed by atoms with Gasteiger partial charge in [0.05, 0.1) is 0 Å². The zero-order chi connectivity index (χ0) is 10.3. The molecule has 0 aliphatic heterocycles. The second-order valence-corrected chi connectivity index (χ2v) is 4.12. The lowest BCUT2D eigenvalue weighted by Crippen LogP contribution is -1.85. The minimum atomic E-state index is -2.58. The number of benzene rings is 1. The molecule has 2 aromatic rings. The van der Waals surface area contributed by atoms with Crippen molar-refractivity contribution in [1.82, 2.24) is 0 Å². The molecule has 1 aromatic carbocycles. The van der Waals surface area contributed by atoms with E-state index in [4.69, 9.17) is 0 Å². The zero-order valence-corrected chi connectivity index (χ0v) is 8.51. The average Bonchev–Trinajstić information content (AvgIpc) is 2.49. The Morgan fingerprint density at radius 3 is 2.64 bits per heavy atom. The van der Waals surface area contributed by atoms with Crippen molar-refractivity contribution in [2.75, 3.05) is 0 Å². The first-order valence-electron chi connectivity index (χ1n) is 3.78. The minimum absolute atomic E-state index is 0.133. The Balaban J connectivity index is 2.83. The lowest BCUT2D eigenvalue weighted by molar-refractivity contribution is 0.153. The standard InChI is InChI=1S/C9H5F3S2/c10-5-3-14-8-4(9(11)12)1-2-6(13)7(5)8/h1-3,9,13H. The van der Waals surface area contributed by atoms with Gasteiger partial charge in [0.1, 0.15) is 5.82 Å². The van der Waals surface area contributed by atoms with E-state index >= 15 is 0 Å². The molecule has 2 rings (SSSR count). The SMILES string of the molecule is Fc1csc2c(C(F)F)ccc(S)c12. The highest BCUT2D eigenvalue weighted by Gasteiger charge is 2.16. The molecule has 0 atom stereocenters. The summed E-state index contributed by atoms with van der Waals surface area (Å²) in [4.78, 5) is 0.392. The van der Waals surface area contributed by atoms with E-state index in [1.165, 1.54) is 17.5 Å². The van der Waals surface area contributed by atoms with E-state index in [1.807, 2.05) is 0 Å². The van der Waals surface area contributed by atoms with Gasteiger partial charge in [0, 0.05) is 25.9 Å². The fourth-order valence-corrected chi connectivity index (χ4v) is 2.61. The number of rotatable bonds is 1. The van der Waals surface area contributed by atoms with Crippen LogP contribution in [0.25, 0.3) is 10.1 Å². The van der Waals surface area contributed by atoms with Crippen LogP contribution in [0.1, 0.15) is 12.0 Å². The Hall–Kier alpha value is -0.680. The molecule has 0 aliphatic carbocycles. The highest BCUT2D eigenvalue weighted by molar-refractivity contribution is 7.80. The number of hydrogen-bond acceptors (Lipinski definition) is 2. The zero-order valence-electron chi connectivity index (χ0n) is 6.80. The third kappa shape index (κ3) is 1.40. The molecule has 0 nitrogen and oxygen atoms in total. The maximum absolute atomic E-state index is 13.2. The summed E-state index contributed by atoms with van der Waals surface area (Å²) in [6.07, 6.45) is -2.58. The lowest BCUT2D eigenvalue weighted by atomic mass is 10.1. The second-order valence-electron chi connectivity index (χ2n) is 2.76. The summed E-state index contributed by atoms with van der Waals surface area (Å²) in [6, 6.07) is 2.67. The van der Waals surface area contributed by atoms with Gasteiger partial charge in [-0.2, -0.15) is 0 Å². The number of thiophene rings is 1. The molecular formula is C9H5F3S2. The summed E-state index contributed by atoms with van der Waals surface area (Å²) in [5.41, 5.74) is -0.133. The van der Waals surface area contributed by atoms with Crippen molar-refractivity contribution >= 4 is 34.1 Å². The lowest BCUT2D eigenvalue weighted by Gasteiger charge is -2.02. The first-order chi connectivity index (χ1) is 6.61. The average molecular weight is 234 g/mol. The van der Waals surface area contributed by atoms with Crippen LogP contribution in [0.4, 0.5) is 13.2 Å². The Morgan fingerprint density at radius 1 is 1.29 bits per heavy atom. The van der Waals surface area contributed by atoms with Crippen molar-refractivity contribution in [3.05, 3.63) is 28.9 Å². The molecule has 1 aromatic heterocycles. The van der Waals surface area contributed by atoms with Gasteiger partial charge in [-0.3, -0.25) is 0 Å². The van der Waals surface area contributed by atoms with Crippen LogP contribution in [0, 0.1) is 5.82 Å². The van der Waals surface area contributed by atoms with Crippen LogP contribution in [0.3, 0.4) is 0 Å². The van der Waals surface area contributed by atoms with Crippen molar-refractivity contribution in [2.45, 2.75) is 11.3 Å². The number of fused-ring (bicyclic) bond motifs is 1. The van der Waals surface area contributed by atoms with Gasteiger partial charge in [-0.1, -0.05) is 6.07 Å². The van der Waals surface area contributed by atoms with E-state index < -0.39 is 12.2 Å².